The molecule has 2 aromatic rings. The summed E-state index contributed by atoms with van der Waals surface area (Å²) < 4.78 is 1.17. The summed E-state index contributed by atoms with van der Waals surface area (Å²) >= 11 is 3.59. The Morgan fingerprint density at radius 3 is 2.63 bits per heavy atom. The zero-order valence-corrected chi connectivity index (χ0v) is 12.7. The van der Waals surface area contributed by atoms with Gasteiger partial charge in [0.25, 0.3) is 0 Å². The number of halogens is 1. The first-order valence-electron chi connectivity index (χ1n) is 6.41. The smallest absolute Gasteiger partial charge is 0.0316 e. The Labute approximate surface area is 123 Å². The van der Waals surface area contributed by atoms with E-state index in [0.717, 1.165) is 25.2 Å². The van der Waals surface area contributed by atoms with Crippen LogP contribution in [0.1, 0.15) is 11.1 Å². The van der Waals surface area contributed by atoms with Gasteiger partial charge in [-0.3, -0.25) is 0 Å². The summed E-state index contributed by atoms with van der Waals surface area (Å²) in [5.74, 6) is 0. The van der Waals surface area contributed by atoms with Gasteiger partial charge in [-0.1, -0.05) is 46.3 Å². The number of hydrogen-bond donors (Lipinski definition) is 1. The molecule has 2 nitrogen and oxygen atoms in total. The summed E-state index contributed by atoms with van der Waals surface area (Å²) in [7, 11) is 2.14. The monoisotopic (exact) mass is 318 g/mol. The van der Waals surface area contributed by atoms with Gasteiger partial charge < -0.3 is 10.6 Å². The Bertz CT molecular complexity index is 540. The standard InChI is InChI=1S/C16H19BrN2/c1-19(12-14-6-2-3-8-16(14)17)10-9-13-5-4-7-15(18)11-13/h2-8,11H,9-10,12,18H2,1H3. The van der Waals surface area contributed by atoms with Crippen molar-refractivity contribution in [1.29, 1.82) is 0 Å². The van der Waals surface area contributed by atoms with Crippen molar-refractivity contribution in [2.75, 3.05) is 19.3 Å². The molecule has 0 unspecified atom stereocenters. The zero-order valence-electron chi connectivity index (χ0n) is 11.1. The molecular formula is C16H19BrN2. The van der Waals surface area contributed by atoms with Gasteiger partial charge in [0, 0.05) is 23.2 Å². The average molecular weight is 319 g/mol. The van der Waals surface area contributed by atoms with Crippen LogP contribution < -0.4 is 5.73 Å². The molecule has 0 aromatic heterocycles. The van der Waals surface area contributed by atoms with Crippen molar-refractivity contribution in [1.82, 2.24) is 4.90 Å². The predicted molar refractivity (Wildman–Crippen MR) is 85.0 cm³/mol. The van der Waals surface area contributed by atoms with E-state index in [0.29, 0.717) is 0 Å². The SMILES string of the molecule is CN(CCc1cccc(N)c1)Cc1ccccc1Br. The highest BCUT2D eigenvalue weighted by Gasteiger charge is 2.04. The second-order valence-corrected chi connectivity index (χ2v) is 5.68. The molecule has 0 bridgehead atoms. The van der Waals surface area contributed by atoms with Crippen molar-refractivity contribution in [3.63, 3.8) is 0 Å². The van der Waals surface area contributed by atoms with E-state index in [1.165, 1.54) is 15.6 Å². The first-order chi connectivity index (χ1) is 9.15. The number of likely N-dealkylation sites (N-methyl/N-ethyl adjacent to an activating group) is 1. The molecule has 0 aliphatic rings. The fraction of sp³-hybridized carbons (Fsp3) is 0.250. The molecule has 19 heavy (non-hydrogen) atoms. The molecule has 0 saturated carbocycles. The molecule has 0 aliphatic carbocycles. The van der Waals surface area contributed by atoms with Crippen molar-refractivity contribution in [2.45, 2.75) is 13.0 Å². The minimum absolute atomic E-state index is 0.839. The van der Waals surface area contributed by atoms with Gasteiger partial charge in [-0.25, -0.2) is 0 Å². The van der Waals surface area contributed by atoms with E-state index in [2.05, 4.69) is 52.1 Å². The van der Waals surface area contributed by atoms with Crippen molar-refractivity contribution in [2.24, 2.45) is 0 Å². The van der Waals surface area contributed by atoms with Gasteiger partial charge in [0.05, 0.1) is 0 Å². The van der Waals surface area contributed by atoms with E-state index in [-0.39, 0.29) is 0 Å². The van der Waals surface area contributed by atoms with Gasteiger partial charge in [-0.15, -0.1) is 0 Å². The summed E-state index contributed by atoms with van der Waals surface area (Å²) in [5, 5.41) is 0. The highest BCUT2D eigenvalue weighted by atomic mass is 79.9. The lowest BCUT2D eigenvalue weighted by atomic mass is 10.1. The maximum atomic E-state index is 5.79. The van der Waals surface area contributed by atoms with E-state index in [1.807, 2.05) is 24.3 Å². The lowest BCUT2D eigenvalue weighted by Gasteiger charge is -2.17. The third-order valence-corrected chi connectivity index (χ3v) is 3.90. The Balaban J connectivity index is 1.88. The Hall–Kier alpha value is -1.32. The third-order valence-electron chi connectivity index (χ3n) is 3.13. The highest BCUT2D eigenvalue weighted by Crippen LogP contribution is 2.17. The topological polar surface area (TPSA) is 29.3 Å². The van der Waals surface area contributed by atoms with E-state index >= 15 is 0 Å². The van der Waals surface area contributed by atoms with Crippen LogP contribution in [-0.2, 0) is 13.0 Å². The number of benzene rings is 2. The molecule has 0 amide bonds. The van der Waals surface area contributed by atoms with E-state index in [4.69, 9.17) is 5.73 Å². The highest BCUT2D eigenvalue weighted by molar-refractivity contribution is 9.10. The quantitative estimate of drug-likeness (QED) is 0.852. The van der Waals surface area contributed by atoms with Crippen LogP contribution in [0.25, 0.3) is 0 Å². The first-order valence-corrected chi connectivity index (χ1v) is 7.21. The van der Waals surface area contributed by atoms with Gasteiger partial charge >= 0.3 is 0 Å². The van der Waals surface area contributed by atoms with Crippen LogP contribution >= 0.6 is 15.9 Å². The van der Waals surface area contributed by atoms with E-state index in [9.17, 15) is 0 Å². The summed E-state index contributed by atoms with van der Waals surface area (Å²) in [4.78, 5) is 2.32. The average Bonchev–Trinajstić information content (AvgIpc) is 2.39. The molecule has 0 atom stereocenters. The van der Waals surface area contributed by atoms with Crippen LogP contribution in [0.5, 0.6) is 0 Å². The van der Waals surface area contributed by atoms with E-state index in [1.54, 1.807) is 0 Å². The molecule has 100 valence electrons. The number of rotatable bonds is 5. The molecule has 0 aliphatic heterocycles. The fourth-order valence-electron chi connectivity index (χ4n) is 2.07. The van der Waals surface area contributed by atoms with Gasteiger partial charge in [-0.05, 0) is 42.8 Å². The Kier molecular flexibility index (Phi) is 5.00. The van der Waals surface area contributed by atoms with E-state index < -0.39 is 0 Å². The second-order valence-electron chi connectivity index (χ2n) is 4.82. The summed E-state index contributed by atoms with van der Waals surface area (Å²) in [6.45, 7) is 1.97. The molecule has 2 N–H and O–H groups in total. The Morgan fingerprint density at radius 2 is 1.89 bits per heavy atom. The van der Waals surface area contributed by atoms with Crippen LogP contribution in [0.3, 0.4) is 0 Å². The lowest BCUT2D eigenvalue weighted by Crippen LogP contribution is -2.21. The molecule has 0 radical (unpaired) electrons. The van der Waals surface area contributed by atoms with Crippen molar-refractivity contribution < 1.29 is 0 Å². The maximum absolute atomic E-state index is 5.79. The van der Waals surface area contributed by atoms with Gasteiger partial charge in [0.15, 0.2) is 0 Å². The molecule has 2 aromatic carbocycles. The van der Waals surface area contributed by atoms with Crippen LogP contribution in [-0.4, -0.2) is 18.5 Å². The molecule has 0 heterocycles. The summed E-state index contributed by atoms with van der Waals surface area (Å²) in [6, 6.07) is 16.5. The number of hydrogen-bond acceptors (Lipinski definition) is 2. The lowest BCUT2D eigenvalue weighted by molar-refractivity contribution is 0.330. The number of nitrogens with zero attached hydrogens (tertiary/aromatic N) is 1. The second kappa shape index (κ2) is 6.73. The molecule has 0 spiro atoms. The van der Waals surface area contributed by atoms with Gasteiger partial charge in [0.2, 0.25) is 0 Å². The molecule has 0 saturated heterocycles. The van der Waals surface area contributed by atoms with Crippen LogP contribution in [0.4, 0.5) is 5.69 Å². The number of nitrogens with two attached hydrogens (primary N) is 1. The Morgan fingerprint density at radius 1 is 1.11 bits per heavy atom. The van der Waals surface area contributed by atoms with Gasteiger partial charge in [0.1, 0.15) is 0 Å². The maximum Gasteiger partial charge on any atom is 0.0316 e. The van der Waals surface area contributed by atoms with Crippen LogP contribution in [0.15, 0.2) is 53.0 Å². The summed E-state index contributed by atoms with van der Waals surface area (Å²) in [5.41, 5.74) is 9.24. The number of nitrogen functional groups attached to an aromatic ring is 1. The number of anilines is 1. The van der Waals surface area contributed by atoms with Gasteiger partial charge in [-0.2, -0.15) is 0 Å². The normalized spacial score (nSPS) is 10.9. The first kappa shape index (κ1) is 14.1. The largest absolute Gasteiger partial charge is 0.399 e. The molecule has 2 rings (SSSR count). The van der Waals surface area contributed by atoms with Crippen molar-refractivity contribution >= 4 is 21.6 Å². The molecular weight excluding hydrogens is 300 g/mol. The summed E-state index contributed by atoms with van der Waals surface area (Å²) in [6.07, 6.45) is 1.02. The van der Waals surface area contributed by atoms with Crippen molar-refractivity contribution in [3.8, 4) is 0 Å². The third kappa shape index (κ3) is 4.37. The van der Waals surface area contributed by atoms with Crippen LogP contribution in [0, 0.1) is 0 Å². The minimum atomic E-state index is 0.839. The molecule has 0 fully saturated rings. The fourth-order valence-corrected chi connectivity index (χ4v) is 2.48. The predicted octanol–water partition coefficient (Wildman–Crippen LogP) is 3.71. The minimum Gasteiger partial charge on any atom is -0.399 e. The van der Waals surface area contributed by atoms with Crippen LogP contribution in [0.2, 0.25) is 0 Å². The zero-order chi connectivity index (χ0) is 13.7. The molecule has 3 heteroatoms. The van der Waals surface area contributed by atoms with Crippen molar-refractivity contribution in [3.05, 3.63) is 64.1 Å².